The van der Waals surface area contributed by atoms with Crippen LogP contribution in [-0.2, 0) is 14.8 Å². The largest absolute Gasteiger partial charge is 0.481 e. The van der Waals surface area contributed by atoms with Crippen LogP contribution in [0.25, 0.3) is 0 Å². The summed E-state index contributed by atoms with van der Waals surface area (Å²) in [6.45, 7) is 1.89. The molecule has 0 radical (unpaired) electrons. The summed E-state index contributed by atoms with van der Waals surface area (Å²) in [4.78, 5) is 11.1. The Morgan fingerprint density at radius 2 is 2.19 bits per heavy atom. The predicted octanol–water partition coefficient (Wildman–Crippen LogP) is 1.43. The van der Waals surface area contributed by atoms with Gasteiger partial charge >= 0.3 is 5.97 Å². The number of benzene rings is 1. The minimum atomic E-state index is -3.70. The third kappa shape index (κ3) is 3.06. The number of nitriles is 1. The number of sulfonamides is 1. The molecular weight excluding hydrogens is 292 g/mol. The Balaban J connectivity index is 2.28. The van der Waals surface area contributed by atoms with Gasteiger partial charge in [-0.3, -0.25) is 4.79 Å². The maximum absolute atomic E-state index is 12.6. The van der Waals surface area contributed by atoms with Gasteiger partial charge in [0.15, 0.2) is 0 Å². The summed E-state index contributed by atoms with van der Waals surface area (Å²) in [7, 11) is -3.70. The topological polar surface area (TPSA) is 98.5 Å². The molecule has 21 heavy (non-hydrogen) atoms. The zero-order chi connectivity index (χ0) is 15.6. The van der Waals surface area contributed by atoms with Crippen molar-refractivity contribution in [3.8, 4) is 6.07 Å². The smallest absolute Gasteiger partial charge is 0.306 e. The van der Waals surface area contributed by atoms with Gasteiger partial charge in [-0.25, -0.2) is 8.42 Å². The summed E-state index contributed by atoms with van der Waals surface area (Å²) in [5.74, 6) is -1.39. The van der Waals surface area contributed by atoms with Crippen molar-refractivity contribution in [1.29, 1.82) is 5.26 Å². The average molecular weight is 308 g/mol. The number of piperidine rings is 1. The van der Waals surface area contributed by atoms with Crippen LogP contribution >= 0.6 is 0 Å². The Labute approximate surface area is 123 Å². The molecule has 0 bridgehead atoms. The van der Waals surface area contributed by atoms with E-state index in [9.17, 15) is 13.2 Å². The molecule has 7 heteroatoms. The van der Waals surface area contributed by atoms with Crippen LogP contribution < -0.4 is 0 Å². The first-order chi connectivity index (χ1) is 9.86. The third-order valence-electron chi connectivity index (χ3n) is 3.73. The lowest BCUT2D eigenvalue weighted by Gasteiger charge is -2.35. The molecule has 0 amide bonds. The van der Waals surface area contributed by atoms with Crippen molar-refractivity contribution >= 4 is 16.0 Å². The number of carboxylic acid groups (broad SMARTS) is 1. The van der Waals surface area contributed by atoms with Gasteiger partial charge in [-0.1, -0.05) is 6.07 Å². The Hall–Kier alpha value is -1.91. The number of carbonyl (C=O) groups is 1. The molecule has 1 heterocycles. The molecule has 2 rings (SSSR count). The maximum atomic E-state index is 12.6. The molecule has 2 atom stereocenters. The molecule has 6 nitrogen and oxygen atoms in total. The second kappa shape index (κ2) is 5.84. The van der Waals surface area contributed by atoms with Crippen molar-refractivity contribution < 1.29 is 18.3 Å². The first-order valence-corrected chi connectivity index (χ1v) is 8.05. The molecule has 2 unspecified atom stereocenters. The number of aliphatic carboxylic acids is 1. The van der Waals surface area contributed by atoms with Crippen LogP contribution in [0.2, 0.25) is 0 Å². The van der Waals surface area contributed by atoms with Crippen LogP contribution in [0.4, 0.5) is 0 Å². The second-order valence-electron chi connectivity index (χ2n) is 5.16. The van der Waals surface area contributed by atoms with Gasteiger partial charge in [0.2, 0.25) is 10.0 Å². The van der Waals surface area contributed by atoms with E-state index in [-0.39, 0.29) is 23.0 Å². The number of rotatable bonds is 3. The molecular formula is C14H16N2O4S. The van der Waals surface area contributed by atoms with Crippen LogP contribution in [0, 0.1) is 17.2 Å². The van der Waals surface area contributed by atoms with Crippen LogP contribution in [-0.4, -0.2) is 36.4 Å². The summed E-state index contributed by atoms with van der Waals surface area (Å²) >= 11 is 0. The monoisotopic (exact) mass is 308 g/mol. The van der Waals surface area contributed by atoms with E-state index in [1.165, 1.54) is 22.5 Å². The summed E-state index contributed by atoms with van der Waals surface area (Å²) in [5, 5.41) is 17.9. The molecule has 1 aromatic carbocycles. The van der Waals surface area contributed by atoms with Crippen molar-refractivity contribution in [2.24, 2.45) is 5.92 Å². The highest BCUT2D eigenvalue weighted by molar-refractivity contribution is 7.89. The van der Waals surface area contributed by atoms with Crippen LogP contribution in [0.3, 0.4) is 0 Å². The molecule has 1 aliphatic heterocycles. The number of hydrogen-bond donors (Lipinski definition) is 1. The molecule has 1 aromatic rings. The zero-order valence-electron chi connectivity index (χ0n) is 11.6. The van der Waals surface area contributed by atoms with E-state index in [0.29, 0.717) is 12.8 Å². The zero-order valence-corrected chi connectivity index (χ0v) is 12.4. The normalized spacial score (nSPS) is 23.4. The number of hydrogen-bond acceptors (Lipinski definition) is 4. The Morgan fingerprint density at radius 1 is 1.48 bits per heavy atom. The molecule has 0 aromatic heterocycles. The summed E-state index contributed by atoms with van der Waals surface area (Å²) in [6, 6.07) is 7.39. The van der Waals surface area contributed by atoms with E-state index < -0.39 is 21.9 Å². The molecule has 112 valence electrons. The van der Waals surface area contributed by atoms with Gasteiger partial charge < -0.3 is 5.11 Å². The fraction of sp³-hybridized carbons (Fsp3) is 0.429. The Kier molecular flexibility index (Phi) is 4.30. The van der Waals surface area contributed by atoms with Gasteiger partial charge in [0.1, 0.15) is 0 Å². The minimum Gasteiger partial charge on any atom is -0.481 e. The fourth-order valence-electron chi connectivity index (χ4n) is 2.59. The van der Waals surface area contributed by atoms with Gasteiger partial charge in [0.05, 0.1) is 22.4 Å². The third-order valence-corrected chi connectivity index (χ3v) is 5.74. The van der Waals surface area contributed by atoms with E-state index in [2.05, 4.69) is 0 Å². The van der Waals surface area contributed by atoms with Gasteiger partial charge in [0.25, 0.3) is 0 Å². The minimum absolute atomic E-state index is 0.0715. The molecule has 1 saturated heterocycles. The van der Waals surface area contributed by atoms with Gasteiger partial charge in [-0.05, 0) is 38.0 Å². The maximum Gasteiger partial charge on any atom is 0.306 e. The van der Waals surface area contributed by atoms with Crippen molar-refractivity contribution in [2.45, 2.75) is 30.7 Å². The SMILES string of the molecule is CC1CC(C(=O)O)CCN1S(=O)(=O)c1cccc(C#N)c1. The molecule has 1 aliphatic rings. The van der Waals surface area contributed by atoms with E-state index in [1.807, 2.05) is 6.07 Å². The van der Waals surface area contributed by atoms with Gasteiger partial charge in [-0.15, -0.1) is 0 Å². The standard InChI is InChI=1S/C14H16N2O4S/c1-10-7-12(14(17)18)5-6-16(10)21(19,20)13-4-2-3-11(8-13)9-15/h2-4,8,10,12H,5-7H2,1H3,(H,17,18). The molecule has 0 saturated carbocycles. The van der Waals surface area contributed by atoms with Gasteiger partial charge in [-0.2, -0.15) is 9.57 Å². The van der Waals surface area contributed by atoms with Crippen molar-refractivity contribution in [1.82, 2.24) is 4.31 Å². The van der Waals surface area contributed by atoms with Crippen LogP contribution in [0.1, 0.15) is 25.3 Å². The highest BCUT2D eigenvalue weighted by Crippen LogP contribution is 2.28. The molecule has 1 fully saturated rings. The van der Waals surface area contributed by atoms with Crippen LogP contribution in [0.5, 0.6) is 0 Å². The van der Waals surface area contributed by atoms with Crippen molar-refractivity contribution in [3.05, 3.63) is 29.8 Å². The molecule has 0 aliphatic carbocycles. The lowest BCUT2D eigenvalue weighted by Crippen LogP contribution is -2.45. The number of nitrogens with zero attached hydrogens (tertiary/aromatic N) is 2. The highest BCUT2D eigenvalue weighted by Gasteiger charge is 2.36. The van der Waals surface area contributed by atoms with Crippen molar-refractivity contribution in [2.75, 3.05) is 6.54 Å². The lowest BCUT2D eigenvalue weighted by molar-refractivity contribution is -0.143. The molecule has 1 N–H and O–H groups in total. The van der Waals surface area contributed by atoms with Gasteiger partial charge in [0, 0.05) is 12.6 Å². The van der Waals surface area contributed by atoms with E-state index in [0.717, 1.165) is 0 Å². The summed E-state index contributed by atoms with van der Waals surface area (Å²) in [5.41, 5.74) is 0.282. The van der Waals surface area contributed by atoms with Crippen molar-refractivity contribution in [3.63, 3.8) is 0 Å². The number of carboxylic acids is 1. The second-order valence-corrected chi connectivity index (χ2v) is 7.05. The summed E-state index contributed by atoms with van der Waals surface area (Å²) < 4.78 is 26.5. The first-order valence-electron chi connectivity index (χ1n) is 6.61. The van der Waals surface area contributed by atoms with E-state index in [1.54, 1.807) is 13.0 Å². The molecule has 0 spiro atoms. The van der Waals surface area contributed by atoms with E-state index >= 15 is 0 Å². The Bertz CT molecular complexity index is 693. The summed E-state index contributed by atoms with van der Waals surface area (Å²) in [6.07, 6.45) is 0.601. The lowest BCUT2D eigenvalue weighted by atomic mass is 9.93. The predicted molar refractivity (Wildman–Crippen MR) is 74.9 cm³/mol. The first kappa shape index (κ1) is 15.5. The average Bonchev–Trinajstić information content (AvgIpc) is 2.46. The Morgan fingerprint density at radius 3 is 2.76 bits per heavy atom. The highest BCUT2D eigenvalue weighted by atomic mass is 32.2. The van der Waals surface area contributed by atoms with Crippen LogP contribution in [0.15, 0.2) is 29.2 Å². The fourth-order valence-corrected chi connectivity index (χ4v) is 4.30. The quantitative estimate of drug-likeness (QED) is 0.910. The van der Waals surface area contributed by atoms with E-state index in [4.69, 9.17) is 10.4 Å².